The second-order valence-electron chi connectivity index (χ2n) is 5.47. The molecule has 3 heteroatoms. The van der Waals surface area contributed by atoms with E-state index in [0.717, 1.165) is 25.1 Å². The summed E-state index contributed by atoms with van der Waals surface area (Å²) >= 11 is 0. The Hall–Kier alpha value is -1.53. The van der Waals surface area contributed by atoms with Gasteiger partial charge in [0.15, 0.2) is 0 Å². The number of nitriles is 1. The van der Waals surface area contributed by atoms with Crippen molar-refractivity contribution in [3.8, 4) is 11.8 Å². The van der Waals surface area contributed by atoms with Crippen LogP contribution in [0.4, 0.5) is 0 Å². The van der Waals surface area contributed by atoms with E-state index in [1.54, 1.807) is 0 Å². The summed E-state index contributed by atoms with van der Waals surface area (Å²) in [5, 5.41) is 12.2. The van der Waals surface area contributed by atoms with Crippen molar-refractivity contribution < 1.29 is 4.74 Å². The topological polar surface area (TPSA) is 45.0 Å². The van der Waals surface area contributed by atoms with Crippen molar-refractivity contribution in [3.63, 3.8) is 0 Å². The van der Waals surface area contributed by atoms with Gasteiger partial charge in [-0.05, 0) is 44.0 Å². The second kappa shape index (κ2) is 6.08. The zero-order valence-electron chi connectivity index (χ0n) is 11.8. The van der Waals surface area contributed by atoms with Crippen LogP contribution in [0.3, 0.4) is 0 Å². The molecule has 1 unspecified atom stereocenters. The van der Waals surface area contributed by atoms with Crippen molar-refractivity contribution in [1.82, 2.24) is 5.32 Å². The van der Waals surface area contributed by atoms with Crippen molar-refractivity contribution in [2.75, 3.05) is 13.2 Å². The van der Waals surface area contributed by atoms with Gasteiger partial charge >= 0.3 is 0 Å². The molecule has 0 radical (unpaired) electrons. The van der Waals surface area contributed by atoms with Crippen molar-refractivity contribution >= 4 is 0 Å². The number of hydrogen-bond donors (Lipinski definition) is 1. The average Bonchev–Trinajstić information content (AvgIpc) is 3.18. The first-order valence-electron chi connectivity index (χ1n) is 7.02. The standard InChI is InChI=1S/C16H22N2O/c1-3-18-13(2)14-4-6-15(7-5-14)19-12-16(8-9-16)10-11-17/h4-7,13,18H,3,8-10,12H2,1-2H3. The molecule has 1 fully saturated rings. The fraction of sp³-hybridized carbons (Fsp3) is 0.562. The molecule has 102 valence electrons. The SMILES string of the molecule is CCNC(C)c1ccc(OCC2(CC#N)CC2)cc1. The Balaban J connectivity index is 1.87. The smallest absolute Gasteiger partial charge is 0.119 e. The van der Waals surface area contributed by atoms with E-state index in [1.807, 2.05) is 12.1 Å². The minimum absolute atomic E-state index is 0.143. The van der Waals surface area contributed by atoms with Crippen molar-refractivity contribution in [1.29, 1.82) is 5.26 Å². The van der Waals surface area contributed by atoms with Gasteiger partial charge in [-0.25, -0.2) is 0 Å². The lowest BCUT2D eigenvalue weighted by atomic mass is 10.1. The lowest BCUT2D eigenvalue weighted by Gasteiger charge is -2.15. The minimum Gasteiger partial charge on any atom is -0.493 e. The molecule has 0 saturated heterocycles. The molecule has 2 rings (SSSR count). The Morgan fingerprint density at radius 3 is 2.58 bits per heavy atom. The van der Waals surface area contributed by atoms with Crippen LogP contribution in [-0.4, -0.2) is 13.2 Å². The fourth-order valence-electron chi connectivity index (χ4n) is 2.23. The molecule has 1 aliphatic carbocycles. The molecular formula is C16H22N2O. The van der Waals surface area contributed by atoms with Gasteiger partial charge in [-0.2, -0.15) is 5.26 Å². The number of hydrogen-bond acceptors (Lipinski definition) is 3. The molecular weight excluding hydrogens is 236 g/mol. The van der Waals surface area contributed by atoms with Crippen LogP contribution in [0.5, 0.6) is 5.75 Å². The van der Waals surface area contributed by atoms with E-state index in [0.29, 0.717) is 19.1 Å². The van der Waals surface area contributed by atoms with Crippen LogP contribution in [0.2, 0.25) is 0 Å². The van der Waals surface area contributed by atoms with Crippen LogP contribution in [0, 0.1) is 16.7 Å². The highest BCUT2D eigenvalue weighted by Crippen LogP contribution is 2.48. The molecule has 0 aromatic heterocycles. The van der Waals surface area contributed by atoms with Gasteiger partial charge in [-0.1, -0.05) is 19.1 Å². The summed E-state index contributed by atoms with van der Waals surface area (Å²) < 4.78 is 5.81. The van der Waals surface area contributed by atoms with Gasteiger partial charge in [-0.3, -0.25) is 0 Å². The highest BCUT2D eigenvalue weighted by Gasteiger charge is 2.43. The molecule has 1 atom stereocenters. The van der Waals surface area contributed by atoms with Crippen molar-refractivity contribution in [2.45, 2.75) is 39.2 Å². The normalized spacial score (nSPS) is 17.5. The third-order valence-corrected chi connectivity index (χ3v) is 3.85. The maximum Gasteiger partial charge on any atom is 0.119 e. The Morgan fingerprint density at radius 1 is 1.37 bits per heavy atom. The van der Waals surface area contributed by atoms with Crippen molar-refractivity contribution in [2.24, 2.45) is 5.41 Å². The van der Waals surface area contributed by atoms with Gasteiger partial charge < -0.3 is 10.1 Å². The van der Waals surface area contributed by atoms with Gasteiger partial charge in [0.05, 0.1) is 12.7 Å². The summed E-state index contributed by atoms with van der Waals surface area (Å²) in [6, 6.07) is 10.9. The van der Waals surface area contributed by atoms with Crippen LogP contribution in [0.1, 0.15) is 44.7 Å². The van der Waals surface area contributed by atoms with Crippen LogP contribution < -0.4 is 10.1 Å². The molecule has 1 aromatic rings. The number of rotatable bonds is 7. The summed E-state index contributed by atoms with van der Waals surface area (Å²) in [5.74, 6) is 0.900. The fourth-order valence-corrected chi connectivity index (χ4v) is 2.23. The molecule has 1 aromatic carbocycles. The predicted molar refractivity (Wildman–Crippen MR) is 75.9 cm³/mol. The Morgan fingerprint density at radius 2 is 2.05 bits per heavy atom. The Labute approximate surface area is 115 Å². The van der Waals surface area contributed by atoms with Gasteiger partial charge in [0.1, 0.15) is 5.75 Å². The highest BCUT2D eigenvalue weighted by molar-refractivity contribution is 5.29. The van der Waals surface area contributed by atoms with Gasteiger partial charge in [0.25, 0.3) is 0 Å². The van der Waals surface area contributed by atoms with Gasteiger partial charge in [0.2, 0.25) is 0 Å². The maximum absolute atomic E-state index is 8.77. The lowest BCUT2D eigenvalue weighted by Crippen LogP contribution is -2.17. The number of nitrogens with one attached hydrogen (secondary N) is 1. The molecule has 0 amide bonds. The van der Waals surface area contributed by atoms with Gasteiger partial charge in [0, 0.05) is 17.9 Å². The van der Waals surface area contributed by atoms with Crippen LogP contribution in [0.15, 0.2) is 24.3 Å². The quantitative estimate of drug-likeness (QED) is 0.815. The molecule has 0 bridgehead atoms. The first kappa shape index (κ1) is 13.9. The zero-order valence-corrected chi connectivity index (χ0v) is 11.8. The van der Waals surface area contributed by atoms with Crippen molar-refractivity contribution in [3.05, 3.63) is 29.8 Å². The molecule has 1 N–H and O–H groups in total. The monoisotopic (exact) mass is 258 g/mol. The van der Waals surface area contributed by atoms with E-state index in [1.165, 1.54) is 5.56 Å². The summed E-state index contributed by atoms with van der Waals surface area (Å²) in [6.07, 6.45) is 2.86. The summed E-state index contributed by atoms with van der Waals surface area (Å²) in [4.78, 5) is 0. The van der Waals surface area contributed by atoms with Crippen LogP contribution >= 0.6 is 0 Å². The number of benzene rings is 1. The first-order valence-corrected chi connectivity index (χ1v) is 7.02. The first-order chi connectivity index (χ1) is 9.19. The van der Waals surface area contributed by atoms with E-state index in [2.05, 4.69) is 37.4 Å². The van der Waals surface area contributed by atoms with Crippen LogP contribution in [-0.2, 0) is 0 Å². The largest absolute Gasteiger partial charge is 0.493 e. The third-order valence-electron chi connectivity index (χ3n) is 3.85. The van der Waals surface area contributed by atoms with E-state index >= 15 is 0 Å². The second-order valence-corrected chi connectivity index (χ2v) is 5.47. The Bertz CT molecular complexity index is 443. The number of nitrogens with zero attached hydrogens (tertiary/aromatic N) is 1. The van der Waals surface area contributed by atoms with E-state index in [9.17, 15) is 0 Å². The van der Waals surface area contributed by atoms with E-state index in [4.69, 9.17) is 10.00 Å². The summed E-state index contributed by atoms with van der Waals surface area (Å²) in [7, 11) is 0. The molecule has 19 heavy (non-hydrogen) atoms. The molecule has 0 heterocycles. The molecule has 3 nitrogen and oxygen atoms in total. The average molecular weight is 258 g/mol. The van der Waals surface area contributed by atoms with E-state index in [-0.39, 0.29) is 5.41 Å². The maximum atomic E-state index is 8.77. The summed E-state index contributed by atoms with van der Waals surface area (Å²) in [5.41, 5.74) is 1.41. The third kappa shape index (κ3) is 3.71. The lowest BCUT2D eigenvalue weighted by molar-refractivity contribution is 0.237. The van der Waals surface area contributed by atoms with E-state index < -0.39 is 0 Å². The molecule has 0 aliphatic heterocycles. The summed E-state index contributed by atoms with van der Waals surface area (Å²) in [6.45, 7) is 5.91. The zero-order chi connectivity index (χ0) is 13.7. The Kier molecular flexibility index (Phi) is 4.44. The van der Waals surface area contributed by atoms with Gasteiger partial charge in [-0.15, -0.1) is 0 Å². The molecule has 0 spiro atoms. The minimum atomic E-state index is 0.143. The number of ether oxygens (including phenoxy) is 1. The predicted octanol–water partition coefficient (Wildman–Crippen LogP) is 3.43. The molecule has 1 aliphatic rings. The highest BCUT2D eigenvalue weighted by atomic mass is 16.5. The molecule has 1 saturated carbocycles. The van der Waals surface area contributed by atoms with Crippen LogP contribution in [0.25, 0.3) is 0 Å².